The summed E-state index contributed by atoms with van der Waals surface area (Å²) >= 11 is 6.12. The van der Waals surface area contributed by atoms with Crippen molar-refractivity contribution in [2.75, 3.05) is 26.2 Å². The number of hydrogen-bond donors (Lipinski definition) is 1. The normalized spacial score (nSPS) is 21.1. The van der Waals surface area contributed by atoms with Gasteiger partial charge in [0, 0.05) is 43.1 Å². The average molecular weight is 410 g/mol. The van der Waals surface area contributed by atoms with Gasteiger partial charge in [0.1, 0.15) is 11.9 Å². The number of rotatable bonds is 3. The molecule has 1 atom stereocenters. The molecule has 1 N–H and O–H groups in total. The minimum absolute atomic E-state index is 0.279. The summed E-state index contributed by atoms with van der Waals surface area (Å²) in [5, 5.41) is 4.13. The first kappa shape index (κ1) is 18.8. The van der Waals surface area contributed by atoms with Gasteiger partial charge in [0.05, 0.1) is 29.7 Å². The van der Waals surface area contributed by atoms with Crippen LogP contribution in [0.5, 0.6) is 0 Å². The largest absolute Gasteiger partial charge is 0.346 e. The maximum Gasteiger partial charge on any atom is 0.346 e. The molecule has 2 fully saturated rings. The van der Waals surface area contributed by atoms with Gasteiger partial charge in [0.25, 0.3) is 0 Å². The van der Waals surface area contributed by atoms with Crippen molar-refractivity contribution in [1.82, 2.24) is 14.9 Å². The standard InChI is InChI=1S/C23H26ClN4O/c1-16-26-21-14-18(24)6-9-22(21)27(16)19-7-4-17(5-8-19)23(29)28(12-2-3-13-28)20-10-11-25-15-20/h4-9,14,20,25H,2-3,10-13,15H2,1H3/q+1. The number of aromatic nitrogens is 2. The van der Waals surface area contributed by atoms with Crippen molar-refractivity contribution in [3.63, 3.8) is 0 Å². The predicted octanol–water partition coefficient (Wildman–Crippen LogP) is 4.10. The van der Waals surface area contributed by atoms with Crippen LogP contribution in [0.2, 0.25) is 5.02 Å². The Balaban J connectivity index is 1.49. The zero-order valence-corrected chi connectivity index (χ0v) is 17.5. The molecular weight excluding hydrogens is 384 g/mol. The predicted molar refractivity (Wildman–Crippen MR) is 116 cm³/mol. The van der Waals surface area contributed by atoms with E-state index in [-0.39, 0.29) is 5.91 Å². The lowest BCUT2D eigenvalue weighted by atomic mass is 10.1. The minimum Gasteiger partial charge on any atom is -0.311 e. The van der Waals surface area contributed by atoms with Crippen molar-refractivity contribution >= 4 is 28.5 Å². The van der Waals surface area contributed by atoms with Crippen LogP contribution in [0, 0.1) is 6.92 Å². The Hall–Kier alpha value is -2.21. The van der Waals surface area contributed by atoms with Crippen molar-refractivity contribution in [2.45, 2.75) is 32.2 Å². The number of hydrogen-bond acceptors (Lipinski definition) is 3. The lowest BCUT2D eigenvalue weighted by molar-refractivity contribution is -0.860. The molecule has 29 heavy (non-hydrogen) atoms. The average Bonchev–Trinajstić information content (AvgIpc) is 3.47. The molecule has 3 aromatic rings. The first-order chi connectivity index (χ1) is 14.1. The molecule has 0 saturated carbocycles. The van der Waals surface area contributed by atoms with Crippen LogP contribution in [0.4, 0.5) is 0 Å². The number of likely N-dealkylation sites (tertiary alicyclic amines) is 1. The summed E-state index contributed by atoms with van der Waals surface area (Å²) < 4.78 is 2.74. The van der Waals surface area contributed by atoms with Crippen molar-refractivity contribution in [2.24, 2.45) is 0 Å². The lowest BCUT2D eigenvalue weighted by Gasteiger charge is -2.36. The Morgan fingerprint density at radius 1 is 1.17 bits per heavy atom. The van der Waals surface area contributed by atoms with Crippen molar-refractivity contribution in [1.29, 1.82) is 0 Å². The first-order valence-corrected chi connectivity index (χ1v) is 10.8. The van der Waals surface area contributed by atoms with Gasteiger partial charge in [0.15, 0.2) is 0 Å². The minimum atomic E-state index is 0.279. The highest BCUT2D eigenvalue weighted by molar-refractivity contribution is 6.31. The molecule has 2 saturated heterocycles. The van der Waals surface area contributed by atoms with E-state index in [1.165, 1.54) is 0 Å². The Labute approximate surface area is 175 Å². The zero-order chi connectivity index (χ0) is 20.0. The van der Waals surface area contributed by atoms with Gasteiger partial charge in [-0.1, -0.05) is 11.6 Å². The third kappa shape index (κ3) is 3.08. The number of nitrogens with one attached hydrogen (secondary N) is 1. The summed E-state index contributed by atoms with van der Waals surface area (Å²) in [5.41, 5.74) is 3.73. The molecule has 0 spiro atoms. The SMILES string of the molecule is Cc1nc2cc(Cl)ccc2n1-c1ccc(C(=O)[N+]2(C3CCNC3)CCCC2)cc1. The number of amides is 1. The lowest BCUT2D eigenvalue weighted by Crippen LogP contribution is -2.58. The van der Waals surface area contributed by atoms with Gasteiger partial charge in [-0.15, -0.1) is 0 Å². The van der Waals surface area contributed by atoms with Gasteiger partial charge < -0.3 is 5.32 Å². The summed E-state index contributed by atoms with van der Waals surface area (Å²) in [4.78, 5) is 18.2. The molecule has 2 aromatic carbocycles. The number of carbonyl (C=O) groups is 1. The molecular formula is C23H26ClN4O+. The fourth-order valence-corrected chi connectivity index (χ4v) is 5.37. The van der Waals surface area contributed by atoms with Crippen LogP contribution in [-0.2, 0) is 0 Å². The fourth-order valence-electron chi connectivity index (χ4n) is 5.21. The maximum absolute atomic E-state index is 13.6. The maximum atomic E-state index is 13.6. The monoisotopic (exact) mass is 409 g/mol. The van der Waals surface area contributed by atoms with E-state index in [1.807, 2.05) is 49.4 Å². The van der Waals surface area contributed by atoms with Crippen molar-refractivity contribution in [3.05, 3.63) is 58.9 Å². The number of nitrogens with zero attached hydrogens (tertiary/aromatic N) is 3. The van der Waals surface area contributed by atoms with E-state index in [0.29, 0.717) is 15.5 Å². The second kappa shape index (κ2) is 7.24. The number of imidazole rings is 1. The van der Waals surface area contributed by atoms with Crippen LogP contribution in [0.1, 0.15) is 35.4 Å². The number of halogens is 1. The quantitative estimate of drug-likeness (QED) is 0.662. The van der Waals surface area contributed by atoms with Gasteiger partial charge in [-0.05, 0) is 49.4 Å². The molecule has 5 rings (SSSR count). The summed E-state index contributed by atoms with van der Waals surface area (Å²) in [6.45, 7) is 5.91. The molecule has 3 heterocycles. The molecule has 1 aromatic heterocycles. The zero-order valence-electron chi connectivity index (χ0n) is 16.7. The van der Waals surface area contributed by atoms with Gasteiger partial charge in [-0.25, -0.2) is 9.78 Å². The number of fused-ring (bicyclic) bond motifs is 1. The smallest absolute Gasteiger partial charge is 0.311 e. The van der Waals surface area contributed by atoms with E-state index >= 15 is 0 Å². The highest BCUT2D eigenvalue weighted by Crippen LogP contribution is 2.31. The molecule has 5 nitrogen and oxygen atoms in total. The van der Waals surface area contributed by atoms with Gasteiger partial charge >= 0.3 is 5.91 Å². The highest BCUT2D eigenvalue weighted by atomic mass is 35.5. The van der Waals surface area contributed by atoms with Crippen LogP contribution in [0.25, 0.3) is 16.7 Å². The molecule has 1 amide bonds. The van der Waals surface area contributed by atoms with Crippen molar-refractivity contribution in [3.8, 4) is 5.69 Å². The summed E-state index contributed by atoms with van der Waals surface area (Å²) in [6.07, 6.45) is 3.37. The first-order valence-electron chi connectivity index (χ1n) is 10.5. The van der Waals surface area contributed by atoms with Crippen LogP contribution in [0.15, 0.2) is 42.5 Å². The van der Waals surface area contributed by atoms with E-state index in [4.69, 9.17) is 11.6 Å². The molecule has 0 aliphatic carbocycles. The second-order valence-electron chi connectivity index (χ2n) is 8.31. The molecule has 2 aliphatic heterocycles. The van der Waals surface area contributed by atoms with E-state index < -0.39 is 0 Å². The number of aryl methyl sites for hydroxylation is 1. The third-order valence-corrected chi connectivity index (χ3v) is 6.89. The number of carbonyl (C=O) groups excluding carboxylic acids is 1. The van der Waals surface area contributed by atoms with E-state index in [2.05, 4.69) is 14.9 Å². The van der Waals surface area contributed by atoms with Crippen LogP contribution in [-0.4, -0.2) is 52.2 Å². The van der Waals surface area contributed by atoms with Crippen LogP contribution < -0.4 is 5.32 Å². The fraction of sp³-hybridized carbons (Fsp3) is 0.391. The molecule has 6 heteroatoms. The van der Waals surface area contributed by atoms with Gasteiger partial charge in [-0.3, -0.25) is 9.05 Å². The van der Waals surface area contributed by atoms with Crippen molar-refractivity contribution < 1.29 is 9.28 Å². The molecule has 150 valence electrons. The van der Waals surface area contributed by atoms with Gasteiger partial charge in [0.2, 0.25) is 0 Å². The summed E-state index contributed by atoms with van der Waals surface area (Å²) in [6, 6.07) is 14.2. The summed E-state index contributed by atoms with van der Waals surface area (Å²) in [5.74, 6) is 1.18. The Bertz CT molecular complexity index is 1060. The molecule has 2 aliphatic rings. The van der Waals surface area contributed by atoms with Crippen LogP contribution in [0.3, 0.4) is 0 Å². The van der Waals surface area contributed by atoms with E-state index in [1.54, 1.807) is 0 Å². The molecule has 1 unspecified atom stereocenters. The van der Waals surface area contributed by atoms with Crippen LogP contribution >= 0.6 is 11.6 Å². The Morgan fingerprint density at radius 3 is 2.62 bits per heavy atom. The topological polar surface area (TPSA) is 46.9 Å². The number of benzene rings is 2. The Morgan fingerprint density at radius 2 is 1.93 bits per heavy atom. The summed E-state index contributed by atoms with van der Waals surface area (Å²) in [7, 11) is 0. The molecule has 0 radical (unpaired) electrons. The second-order valence-corrected chi connectivity index (χ2v) is 8.75. The number of quaternary nitrogens is 1. The highest BCUT2D eigenvalue weighted by Gasteiger charge is 2.47. The van der Waals surface area contributed by atoms with E-state index in [9.17, 15) is 4.79 Å². The Kier molecular flexibility index (Phi) is 4.69. The third-order valence-electron chi connectivity index (χ3n) is 6.66. The van der Waals surface area contributed by atoms with Gasteiger partial charge in [-0.2, -0.15) is 0 Å². The van der Waals surface area contributed by atoms with E-state index in [0.717, 1.165) is 73.6 Å². The molecule has 0 bridgehead atoms.